The third-order valence-electron chi connectivity index (χ3n) is 4.25. The van der Waals surface area contributed by atoms with Gasteiger partial charge in [0.25, 0.3) is 5.56 Å². The second-order valence-corrected chi connectivity index (χ2v) is 7.32. The van der Waals surface area contributed by atoms with Gasteiger partial charge in [0.1, 0.15) is 5.82 Å². The van der Waals surface area contributed by atoms with Crippen LogP contribution in [-0.4, -0.2) is 27.8 Å². The average molecular weight is 399 g/mol. The SMILES string of the molecule is CCCCCNC(=O)CSc1nc2ccccc2c(=O)n1-c1cccc(F)c1. The summed E-state index contributed by atoms with van der Waals surface area (Å²) < 4.78 is 15.1. The Bertz CT molecular complexity index is 1040. The zero-order valence-electron chi connectivity index (χ0n) is 15.7. The molecular formula is C21H22FN3O2S. The molecule has 0 unspecified atom stereocenters. The number of hydrogen-bond acceptors (Lipinski definition) is 4. The van der Waals surface area contributed by atoms with Crippen LogP contribution in [0.4, 0.5) is 4.39 Å². The van der Waals surface area contributed by atoms with Crippen molar-refractivity contribution in [2.24, 2.45) is 0 Å². The molecule has 1 amide bonds. The van der Waals surface area contributed by atoms with Crippen molar-refractivity contribution in [1.29, 1.82) is 0 Å². The van der Waals surface area contributed by atoms with Gasteiger partial charge in [-0.2, -0.15) is 0 Å². The van der Waals surface area contributed by atoms with E-state index < -0.39 is 5.82 Å². The number of amides is 1. The summed E-state index contributed by atoms with van der Waals surface area (Å²) in [5, 5.41) is 3.68. The highest BCUT2D eigenvalue weighted by Gasteiger charge is 2.15. The van der Waals surface area contributed by atoms with Crippen LogP contribution in [0.15, 0.2) is 58.5 Å². The van der Waals surface area contributed by atoms with Crippen molar-refractivity contribution in [3.63, 3.8) is 0 Å². The Labute approximate surface area is 167 Å². The zero-order valence-corrected chi connectivity index (χ0v) is 16.5. The van der Waals surface area contributed by atoms with E-state index in [0.29, 0.717) is 28.3 Å². The van der Waals surface area contributed by atoms with E-state index >= 15 is 0 Å². The Morgan fingerprint density at radius 3 is 2.79 bits per heavy atom. The first-order valence-electron chi connectivity index (χ1n) is 9.27. The predicted octanol–water partition coefficient (Wildman–Crippen LogP) is 3.92. The van der Waals surface area contributed by atoms with Crippen molar-refractivity contribution >= 4 is 28.6 Å². The molecule has 1 heterocycles. The van der Waals surface area contributed by atoms with Crippen LogP contribution in [0.3, 0.4) is 0 Å². The Hall–Kier alpha value is -2.67. The molecule has 146 valence electrons. The number of para-hydroxylation sites is 1. The monoisotopic (exact) mass is 399 g/mol. The third kappa shape index (κ3) is 4.78. The largest absolute Gasteiger partial charge is 0.355 e. The Balaban J connectivity index is 1.91. The number of carbonyl (C=O) groups excluding carboxylic acids is 1. The second kappa shape index (κ2) is 9.50. The van der Waals surface area contributed by atoms with Gasteiger partial charge in [0, 0.05) is 6.54 Å². The third-order valence-corrected chi connectivity index (χ3v) is 5.18. The second-order valence-electron chi connectivity index (χ2n) is 6.38. The molecule has 1 aromatic heterocycles. The van der Waals surface area contributed by atoms with Gasteiger partial charge in [-0.15, -0.1) is 0 Å². The van der Waals surface area contributed by atoms with Crippen LogP contribution in [-0.2, 0) is 4.79 Å². The quantitative estimate of drug-likeness (QED) is 0.354. The number of benzene rings is 2. The summed E-state index contributed by atoms with van der Waals surface area (Å²) in [7, 11) is 0. The first-order valence-corrected chi connectivity index (χ1v) is 10.3. The number of halogens is 1. The van der Waals surface area contributed by atoms with Gasteiger partial charge in [-0.1, -0.05) is 49.7 Å². The lowest BCUT2D eigenvalue weighted by atomic mass is 10.2. The normalized spacial score (nSPS) is 10.9. The minimum atomic E-state index is -0.442. The van der Waals surface area contributed by atoms with Gasteiger partial charge in [-0.05, 0) is 36.8 Å². The number of nitrogens with one attached hydrogen (secondary N) is 1. The Morgan fingerprint density at radius 2 is 2.00 bits per heavy atom. The number of fused-ring (bicyclic) bond motifs is 1. The van der Waals surface area contributed by atoms with Crippen LogP contribution in [0.25, 0.3) is 16.6 Å². The van der Waals surface area contributed by atoms with Gasteiger partial charge in [0.05, 0.1) is 22.3 Å². The molecule has 28 heavy (non-hydrogen) atoms. The first kappa shape index (κ1) is 20.1. The van der Waals surface area contributed by atoms with E-state index in [0.717, 1.165) is 19.3 Å². The van der Waals surface area contributed by atoms with E-state index in [1.165, 1.54) is 28.5 Å². The van der Waals surface area contributed by atoms with Gasteiger partial charge in [-0.3, -0.25) is 14.2 Å². The lowest BCUT2D eigenvalue weighted by Crippen LogP contribution is -2.27. The van der Waals surface area contributed by atoms with Crippen LogP contribution in [0.1, 0.15) is 26.2 Å². The van der Waals surface area contributed by atoms with E-state index in [1.807, 2.05) is 0 Å². The molecule has 0 fully saturated rings. The molecular weight excluding hydrogens is 377 g/mol. The summed E-state index contributed by atoms with van der Waals surface area (Å²) in [5.41, 5.74) is 0.641. The van der Waals surface area contributed by atoms with Gasteiger partial charge >= 0.3 is 0 Å². The summed E-state index contributed by atoms with van der Waals surface area (Å²) in [6.45, 7) is 2.74. The fourth-order valence-electron chi connectivity index (χ4n) is 2.84. The van der Waals surface area contributed by atoms with Crippen LogP contribution in [0, 0.1) is 5.82 Å². The fraction of sp³-hybridized carbons (Fsp3) is 0.286. The first-order chi connectivity index (χ1) is 13.6. The molecule has 0 bridgehead atoms. The highest BCUT2D eigenvalue weighted by molar-refractivity contribution is 7.99. The van der Waals surface area contributed by atoms with Crippen molar-refractivity contribution in [1.82, 2.24) is 14.9 Å². The van der Waals surface area contributed by atoms with E-state index in [-0.39, 0.29) is 17.2 Å². The molecule has 0 atom stereocenters. The van der Waals surface area contributed by atoms with Crippen LogP contribution in [0.5, 0.6) is 0 Å². The molecule has 0 radical (unpaired) electrons. The lowest BCUT2D eigenvalue weighted by molar-refractivity contribution is -0.118. The van der Waals surface area contributed by atoms with Crippen molar-refractivity contribution in [3.8, 4) is 5.69 Å². The van der Waals surface area contributed by atoms with Crippen LogP contribution >= 0.6 is 11.8 Å². The summed E-state index contributed by atoms with van der Waals surface area (Å²) in [6, 6.07) is 12.8. The van der Waals surface area contributed by atoms with Crippen molar-refractivity contribution in [2.45, 2.75) is 31.3 Å². The molecule has 0 spiro atoms. The van der Waals surface area contributed by atoms with Gasteiger partial charge in [-0.25, -0.2) is 9.37 Å². The average Bonchev–Trinajstić information content (AvgIpc) is 2.70. The highest BCUT2D eigenvalue weighted by atomic mass is 32.2. The minimum Gasteiger partial charge on any atom is -0.355 e. The standard InChI is InChI=1S/C21H22FN3O2S/c1-2-3-6-12-23-19(26)14-28-21-24-18-11-5-4-10-17(18)20(27)25(21)16-9-7-8-15(22)13-16/h4-5,7-11,13H,2-3,6,12,14H2,1H3,(H,23,26). The number of hydrogen-bond donors (Lipinski definition) is 1. The van der Waals surface area contributed by atoms with Crippen LogP contribution < -0.4 is 10.9 Å². The molecule has 0 saturated carbocycles. The topological polar surface area (TPSA) is 64.0 Å². The minimum absolute atomic E-state index is 0.116. The Morgan fingerprint density at radius 1 is 1.18 bits per heavy atom. The van der Waals surface area contributed by atoms with E-state index in [4.69, 9.17) is 0 Å². The smallest absolute Gasteiger partial charge is 0.266 e. The maximum Gasteiger partial charge on any atom is 0.266 e. The zero-order chi connectivity index (χ0) is 19.9. The van der Waals surface area contributed by atoms with Crippen molar-refractivity contribution in [3.05, 3.63) is 64.7 Å². The number of rotatable bonds is 8. The predicted molar refractivity (Wildman–Crippen MR) is 111 cm³/mol. The maximum absolute atomic E-state index is 13.7. The molecule has 3 aromatic rings. The number of nitrogens with zero attached hydrogens (tertiary/aromatic N) is 2. The van der Waals surface area contributed by atoms with Crippen molar-refractivity contribution in [2.75, 3.05) is 12.3 Å². The molecule has 1 N–H and O–H groups in total. The molecule has 0 aliphatic rings. The molecule has 3 rings (SSSR count). The Kier molecular flexibility index (Phi) is 6.81. The van der Waals surface area contributed by atoms with Gasteiger partial charge < -0.3 is 5.32 Å². The van der Waals surface area contributed by atoms with E-state index in [1.54, 1.807) is 36.4 Å². The summed E-state index contributed by atoms with van der Waals surface area (Å²) in [4.78, 5) is 29.7. The molecule has 0 saturated heterocycles. The van der Waals surface area contributed by atoms with E-state index in [9.17, 15) is 14.0 Å². The summed E-state index contributed by atoms with van der Waals surface area (Å²) >= 11 is 1.17. The molecule has 0 aliphatic carbocycles. The lowest BCUT2D eigenvalue weighted by Gasteiger charge is -2.13. The van der Waals surface area contributed by atoms with Gasteiger partial charge in [0.15, 0.2) is 5.16 Å². The molecule has 5 nitrogen and oxygen atoms in total. The van der Waals surface area contributed by atoms with Gasteiger partial charge in [0.2, 0.25) is 5.91 Å². The number of thioether (sulfide) groups is 1. The molecule has 7 heteroatoms. The highest BCUT2D eigenvalue weighted by Crippen LogP contribution is 2.21. The van der Waals surface area contributed by atoms with E-state index in [2.05, 4.69) is 17.2 Å². The molecule has 2 aromatic carbocycles. The summed E-state index contributed by atoms with van der Waals surface area (Å²) in [6.07, 6.45) is 3.10. The number of carbonyl (C=O) groups is 1. The van der Waals surface area contributed by atoms with Crippen LogP contribution in [0.2, 0.25) is 0 Å². The van der Waals surface area contributed by atoms with Crippen molar-refractivity contribution < 1.29 is 9.18 Å². The number of unbranched alkanes of at least 4 members (excludes halogenated alkanes) is 2. The maximum atomic E-state index is 13.7. The fourth-order valence-corrected chi connectivity index (χ4v) is 3.68. The number of aromatic nitrogens is 2. The molecule has 0 aliphatic heterocycles. The summed E-state index contributed by atoms with van der Waals surface area (Å²) in [5.74, 6) is -0.428.